The molecule has 7 nitrogen and oxygen atoms in total. The van der Waals surface area contributed by atoms with Crippen LogP contribution in [0.15, 0.2) is 53.6 Å². The van der Waals surface area contributed by atoms with Gasteiger partial charge in [0, 0.05) is 30.1 Å². The highest BCUT2D eigenvalue weighted by atomic mass is 35.5. The number of anilines is 1. The Balaban J connectivity index is 1.93. The van der Waals surface area contributed by atoms with E-state index in [1.165, 1.54) is 28.8 Å². The van der Waals surface area contributed by atoms with Crippen LogP contribution in [0.5, 0.6) is 0 Å². The third-order valence-electron chi connectivity index (χ3n) is 4.39. The van der Waals surface area contributed by atoms with Gasteiger partial charge in [0.25, 0.3) is 5.56 Å². The first kappa shape index (κ1) is 20.9. The van der Waals surface area contributed by atoms with Crippen LogP contribution in [-0.2, 0) is 0 Å². The number of aliphatic hydroxyl groups excluding tert-OH is 2. The smallest absolute Gasteiger partial charge is 0.251 e. The molecule has 3 N–H and O–H groups in total. The highest BCUT2D eigenvalue weighted by Crippen LogP contribution is 2.24. The van der Waals surface area contributed by atoms with Gasteiger partial charge >= 0.3 is 0 Å². The van der Waals surface area contributed by atoms with Crippen molar-refractivity contribution in [1.82, 2.24) is 14.5 Å². The first-order valence-electron chi connectivity index (χ1n) is 8.91. The zero-order valence-electron chi connectivity index (χ0n) is 15.6. The van der Waals surface area contributed by atoms with Crippen molar-refractivity contribution in [2.24, 2.45) is 0 Å². The number of hydrogen-bond acceptors (Lipinski definition) is 6. The molecule has 29 heavy (non-hydrogen) atoms. The summed E-state index contributed by atoms with van der Waals surface area (Å²) in [4.78, 5) is 21.2. The Kier molecular flexibility index (Phi) is 6.58. The second kappa shape index (κ2) is 9.13. The second-order valence-electron chi connectivity index (χ2n) is 6.53. The van der Waals surface area contributed by atoms with E-state index in [0.717, 1.165) is 0 Å². The van der Waals surface area contributed by atoms with Crippen molar-refractivity contribution in [3.8, 4) is 11.3 Å². The minimum absolute atomic E-state index is 0.0699. The van der Waals surface area contributed by atoms with Crippen LogP contribution in [0.25, 0.3) is 11.3 Å². The Hall–Kier alpha value is -2.81. The SMILES string of the molecule is CC(CO)Nc1nccc(-c2ccn(C(CO)c3ccc(F)c(Cl)c3)c(=O)c2)n1. The number of pyridine rings is 1. The van der Waals surface area contributed by atoms with Gasteiger partial charge in [0.15, 0.2) is 0 Å². The highest BCUT2D eigenvalue weighted by Gasteiger charge is 2.16. The number of aromatic nitrogens is 3. The lowest BCUT2D eigenvalue weighted by atomic mass is 10.1. The monoisotopic (exact) mass is 418 g/mol. The fourth-order valence-electron chi connectivity index (χ4n) is 2.84. The van der Waals surface area contributed by atoms with Crippen LogP contribution in [-0.4, -0.2) is 44.0 Å². The summed E-state index contributed by atoms with van der Waals surface area (Å²) in [5, 5.41) is 21.8. The molecule has 2 heterocycles. The molecule has 0 aliphatic heterocycles. The number of benzene rings is 1. The van der Waals surface area contributed by atoms with Crippen molar-refractivity contribution in [3.05, 3.63) is 75.5 Å². The van der Waals surface area contributed by atoms with Crippen molar-refractivity contribution in [2.45, 2.75) is 19.0 Å². The number of nitrogens with zero attached hydrogens (tertiary/aromatic N) is 3. The Bertz CT molecular complexity index is 1060. The van der Waals surface area contributed by atoms with Crippen LogP contribution in [0, 0.1) is 5.82 Å². The summed E-state index contributed by atoms with van der Waals surface area (Å²) >= 11 is 5.83. The van der Waals surface area contributed by atoms with Gasteiger partial charge in [0.05, 0.1) is 30.0 Å². The van der Waals surface area contributed by atoms with E-state index in [1.54, 1.807) is 31.5 Å². The molecule has 3 rings (SSSR count). The van der Waals surface area contributed by atoms with Gasteiger partial charge in [0.2, 0.25) is 5.95 Å². The van der Waals surface area contributed by atoms with Crippen LogP contribution in [0.3, 0.4) is 0 Å². The van der Waals surface area contributed by atoms with Gasteiger partial charge in [-0.05, 0) is 36.8 Å². The fourth-order valence-corrected chi connectivity index (χ4v) is 3.02. The summed E-state index contributed by atoms with van der Waals surface area (Å²) in [5.41, 5.74) is 1.25. The molecular weight excluding hydrogens is 399 g/mol. The first-order chi connectivity index (χ1) is 13.9. The number of halogens is 2. The molecule has 1 aromatic carbocycles. The van der Waals surface area contributed by atoms with E-state index >= 15 is 0 Å². The number of aliphatic hydroxyl groups is 2. The Morgan fingerprint density at radius 2 is 2.00 bits per heavy atom. The average Bonchev–Trinajstić information content (AvgIpc) is 2.72. The maximum absolute atomic E-state index is 13.4. The number of hydrogen-bond donors (Lipinski definition) is 3. The van der Waals surface area contributed by atoms with E-state index in [1.807, 2.05) is 0 Å². The molecule has 152 valence electrons. The van der Waals surface area contributed by atoms with Crippen molar-refractivity contribution in [2.75, 3.05) is 18.5 Å². The van der Waals surface area contributed by atoms with Crippen LogP contribution < -0.4 is 10.9 Å². The maximum atomic E-state index is 13.4. The summed E-state index contributed by atoms with van der Waals surface area (Å²) in [6.07, 6.45) is 3.10. The summed E-state index contributed by atoms with van der Waals surface area (Å²) in [6, 6.07) is 7.90. The first-order valence-corrected chi connectivity index (χ1v) is 9.29. The van der Waals surface area contributed by atoms with Crippen LogP contribution in [0.4, 0.5) is 10.3 Å². The molecule has 2 atom stereocenters. The van der Waals surface area contributed by atoms with Gasteiger partial charge in [0.1, 0.15) is 5.82 Å². The molecule has 3 aromatic rings. The van der Waals surface area contributed by atoms with E-state index in [-0.39, 0.29) is 29.8 Å². The van der Waals surface area contributed by atoms with Gasteiger partial charge in [-0.3, -0.25) is 4.79 Å². The Morgan fingerprint density at radius 3 is 2.66 bits per heavy atom. The zero-order valence-corrected chi connectivity index (χ0v) is 16.3. The predicted octanol–water partition coefficient (Wildman–Crippen LogP) is 2.47. The van der Waals surface area contributed by atoms with E-state index in [0.29, 0.717) is 22.8 Å². The van der Waals surface area contributed by atoms with Gasteiger partial charge < -0.3 is 20.1 Å². The summed E-state index contributed by atoms with van der Waals surface area (Å²) in [5.74, 6) is -0.235. The van der Waals surface area contributed by atoms with Crippen LogP contribution >= 0.6 is 11.6 Å². The zero-order chi connectivity index (χ0) is 21.0. The van der Waals surface area contributed by atoms with Crippen molar-refractivity contribution in [1.29, 1.82) is 0 Å². The average molecular weight is 419 g/mol. The quantitative estimate of drug-likeness (QED) is 0.545. The molecule has 2 unspecified atom stereocenters. The molecule has 0 radical (unpaired) electrons. The third-order valence-corrected chi connectivity index (χ3v) is 4.68. The minimum Gasteiger partial charge on any atom is -0.394 e. The van der Waals surface area contributed by atoms with Crippen molar-refractivity contribution in [3.63, 3.8) is 0 Å². The molecule has 0 aliphatic carbocycles. The van der Waals surface area contributed by atoms with Crippen molar-refractivity contribution < 1.29 is 14.6 Å². The molecular formula is C20H20ClFN4O3. The molecule has 0 aliphatic rings. The van der Waals surface area contributed by atoms with Crippen LogP contribution in [0.1, 0.15) is 18.5 Å². The Morgan fingerprint density at radius 1 is 1.21 bits per heavy atom. The molecule has 0 spiro atoms. The van der Waals surface area contributed by atoms with Gasteiger partial charge in [-0.25, -0.2) is 14.4 Å². The minimum atomic E-state index is -0.706. The maximum Gasteiger partial charge on any atom is 0.251 e. The van der Waals surface area contributed by atoms with Crippen LogP contribution in [0.2, 0.25) is 5.02 Å². The predicted molar refractivity (Wildman–Crippen MR) is 109 cm³/mol. The molecule has 0 saturated carbocycles. The van der Waals surface area contributed by atoms with Crippen molar-refractivity contribution >= 4 is 17.5 Å². The summed E-state index contributed by atoms with van der Waals surface area (Å²) < 4.78 is 14.8. The van der Waals surface area contributed by atoms with E-state index < -0.39 is 11.9 Å². The molecule has 0 saturated heterocycles. The highest BCUT2D eigenvalue weighted by molar-refractivity contribution is 6.30. The van der Waals surface area contributed by atoms with Gasteiger partial charge in [-0.1, -0.05) is 17.7 Å². The molecule has 0 bridgehead atoms. The topological polar surface area (TPSA) is 100 Å². The molecule has 9 heteroatoms. The summed E-state index contributed by atoms with van der Waals surface area (Å²) in [6.45, 7) is 1.36. The largest absolute Gasteiger partial charge is 0.394 e. The fraction of sp³-hybridized carbons (Fsp3) is 0.250. The van der Waals surface area contributed by atoms with E-state index in [9.17, 15) is 14.3 Å². The number of nitrogens with one attached hydrogen (secondary N) is 1. The number of rotatable bonds is 7. The lowest BCUT2D eigenvalue weighted by Crippen LogP contribution is -2.27. The normalized spacial score (nSPS) is 13.1. The summed E-state index contributed by atoms with van der Waals surface area (Å²) in [7, 11) is 0. The Labute approximate surface area is 171 Å². The second-order valence-corrected chi connectivity index (χ2v) is 6.93. The molecule has 0 amide bonds. The van der Waals surface area contributed by atoms with Gasteiger partial charge in [-0.15, -0.1) is 0 Å². The molecule has 2 aromatic heterocycles. The van der Waals surface area contributed by atoms with Gasteiger partial charge in [-0.2, -0.15) is 0 Å². The van der Waals surface area contributed by atoms with E-state index in [2.05, 4.69) is 15.3 Å². The standard InChI is InChI=1S/C20H20ClFN4O3/c1-12(10-27)24-20-23-6-4-17(25-20)13-5-7-26(19(29)9-13)18(11-28)14-2-3-16(22)15(21)8-14/h2-9,12,18,27-28H,10-11H2,1H3,(H,23,24,25). The third kappa shape index (κ3) is 4.79. The molecule has 0 fully saturated rings. The lowest BCUT2D eigenvalue weighted by Gasteiger charge is -2.19. The van der Waals surface area contributed by atoms with E-state index in [4.69, 9.17) is 16.7 Å². The lowest BCUT2D eigenvalue weighted by molar-refractivity contribution is 0.247.